The van der Waals surface area contributed by atoms with Crippen LogP contribution in [0.2, 0.25) is 5.15 Å². The van der Waals surface area contributed by atoms with E-state index in [1.807, 2.05) is 0 Å². The number of hydrogen-bond donors (Lipinski definition) is 1. The van der Waals surface area contributed by atoms with Crippen molar-refractivity contribution in [2.24, 2.45) is 0 Å². The predicted octanol–water partition coefficient (Wildman–Crippen LogP) is 3.57. The Hall–Kier alpha value is -2.85. The molecule has 0 saturated carbocycles. The number of alkyl halides is 3. The number of anilines is 1. The molecule has 29 heavy (non-hydrogen) atoms. The Kier molecular flexibility index (Phi) is 7.80. The minimum Gasteiger partial charge on any atom is -0.489 e. The van der Waals surface area contributed by atoms with Gasteiger partial charge in [-0.05, 0) is 30.3 Å². The van der Waals surface area contributed by atoms with E-state index in [4.69, 9.17) is 25.8 Å². The molecule has 0 aliphatic rings. The minimum absolute atomic E-state index is 0.00985. The van der Waals surface area contributed by atoms with E-state index in [1.54, 1.807) is 0 Å². The second-order valence-corrected chi connectivity index (χ2v) is 5.93. The topological polar surface area (TPSA) is 86.8 Å². The molecule has 1 aromatic carbocycles. The molecule has 0 radical (unpaired) electrons. The lowest BCUT2D eigenvalue weighted by Crippen LogP contribution is -2.22. The molecule has 1 heterocycles. The number of amides is 1. The summed E-state index contributed by atoms with van der Waals surface area (Å²) in [6, 6.07) is 5.21. The first kappa shape index (κ1) is 22.4. The molecule has 7 nitrogen and oxygen atoms in total. The summed E-state index contributed by atoms with van der Waals surface area (Å²) >= 11 is 5.67. The van der Waals surface area contributed by atoms with Gasteiger partial charge in [0.25, 0.3) is 5.91 Å². The van der Waals surface area contributed by atoms with Gasteiger partial charge in [-0.2, -0.15) is 13.2 Å². The quantitative estimate of drug-likeness (QED) is 0.390. The van der Waals surface area contributed by atoms with Crippen molar-refractivity contribution in [3.05, 3.63) is 52.8 Å². The Morgan fingerprint density at radius 1 is 1.17 bits per heavy atom. The second kappa shape index (κ2) is 10.1. The summed E-state index contributed by atoms with van der Waals surface area (Å²) in [5.41, 5.74) is -1.13. The number of esters is 1. The molecule has 1 amide bonds. The Morgan fingerprint density at radius 3 is 2.59 bits per heavy atom. The number of pyridine rings is 1. The van der Waals surface area contributed by atoms with E-state index in [-0.39, 0.29) is 35.4 Å². The van der Waals surface area contributed by atoms with Crippen LogP contribution in [-0.2, 0) is 20.4 Å². The number of nitrogens with zero attached hydrogens (tertiary/aromatic N) is 1. The molecular formula is C18H16ClF3N2O5. The number of benzene rings is 1. The maximum absolute atomic E-state index is 13.0. The van der Waals surface area contributed by atoms with Crippen molar-refractivity contribution in [3.8, 4) is 5.75 Å². The number of carbonyl (C=O) groups is 2. The van der Waals surface area contributed by atoms with Crippen molar-refractivity contribution >= 4 is 29.2 Å². The Morgan fingerprint density at radius 2 is 1.93 bits per heavy atom. The molecule has 2 rings (SSSR count). The van der Waals surface area contributed by atoms with Crippen LogP contribution in [0.5, 0.6) is 5.75 Å². The van der Waals surface area contributed by atoms with Crippen LogP contribution < -0.4 is 10.1 Å². The molecule has 2 aromatic rings. The average molecular weight is 433 g/mol. The first-order chi connectivity index (χ1) is 13.7. The molecule has 0 saturated heterocycles. The van der Waals surface area contributed by atoms with Crippen LogP contribution in [0.1, 0.15) is 15.9 Å². The van der Waals surface area contributed by atoms with E-state index in [2.05, 4.69) is 10.3 Å². The van der Waals surface area contributed by atoms with E-state index in [0.717, 1.165) is 18.2 Å². The highest BCUT2D eigenvalue weighted by molar-refractivity contribution is 6.29. The number of rotatable bonds is 8. The lowest BCUT2D eigenvalue weighted by molar-refractivity contribution is -0.137. The van der Waals surface area contributed by atoms with Crippen LogP contribution in [0.15, 0.2) is 36.5 Å². The molecule has 0 bridgehead atoms. The molecule has 156 valence electrons. The zero-order valence-corrected chi connectivity index (χ0v) is 15.8. The molecule has 0 spiro atoms. The molecular weight excluding hydrogens is 417 g/mol. The standard InChI is InChI=1S/C18H16ClF3N2O5/c1-27-6-7-28-14-3-2-12(18(20,21)22)9-13(14)24-16(25)10-29-17(26)11-4-5-23-15(19)8-11/h2-5,8-9H,6-7,10H2,1H3,(H,24,25). The lowest BCUT2D eigenvalue weighted by Gasteiger charge is -2.15. The minimum atomic E-state index is -4.61. The lowest BCUT2D eigenvalue weighted by atomic mass is 10.1. The van der Waals surface area contributed by atoms with Gasteiger partial charge in [0, 0.05) is 13.3 Å². The fourth-order valence-corrected chi connectivity index (χ4v) is 2.27. The summed E-state index contributed by atoms with van der Waals surface area (Å²) < 4.78 is 53.8. The van der Waals surface area contributed by atoms with Crippen LogP contribution in [-0.4, -0.2) is 43.8 Å². The summed E-state index contributed by atoms with van der Waals surface area (Å²) in [7, 11) is 1.43. The molecule has 0 fully saturated rings. The fraction of sp³-hybridized carbons (Fsp3) is 0.278. The van der Waals surface area contributed by atoms with Gasteiger partial charge in [-0.15, -0.1) is 0 Å². The van der Waals surface area contributed by atoms with Crippen LogP contribution in [0, 0.1) is 0 Å². The second-order valence-electron chi connectivity index (χ2n) is 5.54. The van der Waals surface area contributed by atoms with Crippen molar-refractivity contribution in [2.75, 3.05) is 32.2 Å². The average Bonchev–Trinajstić information content (AvgIpc) is 2.66. The first-order valence-electron chi connectivity index (χ1n) is 8.12. The Labute approximate surface area is 168 Å². The molecule has 0 aliphatic heterocycles. The molecule has 0 aliphatic carbocycles. The highest BCUT2D eigenvalue weighted by atomic mass is 35.5. The largest absolute Gasteiger partial charge is 0.489 e. The molecule has 0 unspecified atom stereocenters. The van der Waals surface area contributed by atoms with Crippen LogP contribution in [0.25, 0.3) is 0 Å². The summed E-state index contributed by atoms with van der Waals surface area (Å²) in [6.07, 6.45) is -3.33. The van der Waals surface area contributed by atoms with Gasteiger partial charge in [-0.1, -0.05) is 11.6 Å². The van der Waals surface area contributed by atoms with Gasteiger partial charge in [-0.3, -0.25) is 4.79 Å². The molecule has 11 heteroatoms. The maximum Gasteiger partial charge on any atom is 0.416 e. The van der Waals surface area contributed by atoms with Crippen molar-refractivity contribution in [1.29, 1.82) is 0 Å². The number of nitrogens with one attached hydrogen (secondary N) is 1. The molecule has 0 atom stereocenters. The van der Waals surface area contributed by atoms with Gasteiger partial charge in [0.1, 0.15) is 17.5 Å². The first-order valence-corrected chi connectivity index (χ1v) is 8.50. The maximum atomic E-state index is 13.0. The van der Waals surface area contributed by atoms with Gasteiger partial charge >= 0.3 is 12.1 Å². The fourth-order valence-electron chi connectivity index (χ4n) is 2.09. The van der Waals surface area contributed by atoms with E-state index >= 15 is 0 Å². The van der Waals surface area contributed by atoms with Crippen LogP contribution >= 0.6 is 11.6 Å². The predicted molar refractivity (Wildman–Crippen MR) is 97.0 cm³/mol. The smallest absolute Gasteiger partial charge is 0.416 e. The summed E-state index contributed by atoms with van der Waals surface area (Å²) in [5.74, 6) is -1.69. The number of hydrogen-bond acceptors (Lipinski definition) is 6. The third kappa shape index (κ3) is 6.91. The van der Waals surface area contributed by atoms with Crippen molar-refractivity contribution < 1.29 is 37.0 Å². The number of ether oxygens (including phenoxy) is 3. The Balaban J connectivity index is 2.07. The van der Waals surface area contributed by atoms with Gasteiger partial charge in [-0.25, -0.2) is 9.78 Å². The van der Waals surface area contributed by atoms with E-state index < -0.39 is 30.2 Å². The summed E-state index contributed by atoms with van der Waals surface area (Å²) in [6.45, 7) is -0.477. The number of aromatic nitrogens is 1. The summed E-state index contributed by atoms with van der Waals surface area (Å²) in [5, 5.41) is 2.31. The van der Waals surface area contributed by atoms with Gasteiger partial charge < -0.3 is 19.5 Å². The van der Waals surface area contributed by atoms with Crippen LogP contribution in [0.4, 0.5) is 18.9 Å². The SMILES string of the molecule is COCCOc1ccc(C(F)(F)F)cc1NC(=O)COC(=O)c1ccnc(Cl)c1. The molecule has 1 N–H and O–H groups in total. The van der Waals surface area contributed by atoms with Crippen molar-refractivity contribution in [2.45, 2.75) is 6.18 Å². The number of halogens is 4. The monoisotopic (exact) mass is 432 g/mol. The highest BCUT2D eigenvalue weighted by Gasteiger charge is 2.31. The van der Waals surface area contributed by atoms with Crippen molar-refractivity contribution in [1.82, 2.24) is 4.98 Å². The van der Waals surface area contributed by atoms with E-state index in [0.29, 0.717) is 0 Å². The van der Waals surface area contributed by atoms with Crippen molar-refractivity contribution in [3.63, 3.8) is 0 Å². The Bertz CT molecular complexity index is 877. The zero-order valence-electron chi connectivity index (χ0n) is 15.1. The third-order valence-corrected chi connectivity index (χ3v) is 3.63. The number of methoxy groups -OCH3 is 1. The van der Waals surface area contributed by atoms with Gasteiger partial charge in [0.15, 0.2) is 6.61 Å². The zero-order chi connectivity index (χ0) is 21.4. The normalized spacial score (nSPS) is 11.1. The van der Waals surface area contributed by atoms with Gasteiger partial charge in [0.2, 0.25) is 0 Å². The summed E-state index contributed by atoms with van der Waals surface area (Å²) in [4.78, 5) is 27.7. The van der Waals surface area contributed by atoms with E-state index in [1.165, 1.54) is 25.4 Å². The van der Waals surface area contributed by atoms with Crippen LogP contribution in [0.3, 0.4) is 0 Å². The molecule has 1 aromatic heterocycles. The van der Waals surface area contributed by atoms with E-state index in [9.17, 15) is 22.8 Å². The van der Waals surface area contributed by atoms with Gasteiger partial charge in [0.05, 0.1) is 23.4 Å². The number of carbonyl (C=O) groups excluding carboxylic acids is 2. The highest BCUT2D eigenvalue weighted by Crippen LogP contribution is 2.35. The third-order valence-electron chi connectivity index (χ3n) is 3.42.